The van der Waals surface area contributed by atoms with Gasteiger partial charge >= 0.3 is 0 Å². The summed E-state index contributed by atoms with van der Waals surface area (Å²) in [6.07, 6.45) is 1.54. The smallest absolute Gasteiger partial charge is 0.275 e. The maximum Gasteiger partial charge on any atom is 0.275 e. The number of hydrogen-bond donors (Lipinski definition) is 2. The minimum atomic E-state index is -0.494. The summed E-state index contributed by atoms with van der Waals surface area (Å²) in [5.41, 5.74) is 6.10. The number of aromatic hydroxyl groups is 1. The van der Waals surface area contributed by atoms with Gasteiger partial charge in [-0.2, -0.15) is 5.10 Å². The van der Waals surface area contributed by atoms with E-state index >= 15 is 0 Å². The molecule has 0 bridgehead atoms. The van der Waals surface area contributed by atoms with E-state index in [0.29, 0.717) is 0 Å². The Kier molecular flexibility index (Phi) is 4.84. The van der Waals surface area contributed by atoms with Crippen LogP contribution >= 0.6 is 0 Å². The van der Waals surface area contributed by atoms with E-state index in [4.69, 9.17) is 0 Å². The van der Waals surface area contributed by atoms with Crippen LogP contribution in [0.25, 0.3) is 5.69 Å². The number of para-hydroxylation sites is 1. The fourth-order valence-corrected chi connectivity index (χ4v) is 2.79. The van der Waals surface area contributed by atoms with Crippen molar-refractivity contribution in [2.24, 2.45) is 5.10 Å². The van der Waals surface area contributed by atoms with Crippen molar-refractivity contribution in [3.05, 3.63) is 82.9 Å². The number of aryl methyl sites for hydroxylation is 1. The predicted molar refractivity (Wildman–Crippen MR) is 98.4 cm³/mol. The Morgan fingerprint density at radius 2 is 1.85 bits per heavy atom. The van der Waals surface area contributed by atoms with Crippen molar-refractivity contribution in [1.82, 2.24) is 9.99 Å². The molecular weight excluding hydrogens is 333 g/mol. The normalized spacial score (nSPS) is 11.0. The fourth-order valence-electron chi connectivity index (χ4n) is 2.79. The van der Waals surface area contributed by atoms with Gasteiger partial charge in [-0.1, -0.05) is 12.1 Å². The second-order valence-electron chi connectivity index (χ2n) is 5.85. The molecule has 132 valence electrons. The minimum Gasteiger partial charge on any atom is -0.507 e. The molecule has 0 aliphatic carbocycles. The zero-order chi connectivity index (χ0) is 18.7. The van der Waals surface area contributed by atoms with Crippen molar-refractivity contribution in [2.45, 2.75) is 13.8 Å². The van der Waals surface area contributed by atoms with E-state index in [-0.39, 0.29) is 17.1 Å². The zero-order valence-electron chi connectivity index (χ0n) is 14.4. The Bertz CT molecular complexity index is 975. The molecule has 0 spiro atoms. The second-order valence-corrected chi connectivity index (χ2v) is 5.85. The van der Waals surface area contributed by atoms with Crippen LogP contribution in [-0.2, 0) is 0 Å². The van der Waals surface area contributed by atoms with Crippen molar-refractivity contribution in [3.8, 4) is 11.4 Å². The number of halogens is 1. The van der Waals surface area contributed by atoms with E-state index < -0.39 is 5.91 Å². The molecule has 2 N–H and O–H groups in total. The number of aromatic nitrogens is 1. The molecular formula is C20H18FN3O2. The van der Waals surface area contributed by atoms with Crippen molar-refractivity contribution < 1.29 is 14.3 Å². The average Bonchev–Trinajstić information content (AvgIpc) is 2.90. The molecule has 0 atom stereocenters. The highest BCUT2D eigenvalue weighted by atomic mass is 19.1. The van der Waals surface area contributed by atoms with Gasteiger partial charge in [0.15, 0.2) is 0 Å². The van der Waals surface area contributed by atoms with Crippen LogP contribution in [0.5, 0.6) is 5.75 Å². The van der Waals surface area contributed by atoms with Crippen LogP contribution in [0.2, 0.25) is 0 Å². The van der Waals surface area contributed by atoms with Gasteiger partial charge in [0, 0.05) is 22.6 Å². The SMILES string of the molecule is Cc1cc(/C=N\NC(=O)c2ccccc2O)c(C)n1-c1ccc(F)cc1. The monoisotopic (exact) mass is 351 g/mol. The van der Waals surface area contributed by atoms with Gasteiger partial charge in [0.2, 0.25) is 0 Å². The molecule has 5 nitrogen and oxygen atoms in total. The summed E-state index contributed by atoms with van der Waals surface area (Å²) in [6.45, 7) is 3.86. The van der Waals surface area contributed by atoms with Crippen molar-refractivity contribution in [2.75, 3.05) is 0 Å². The van der Waals surface area contributed by atoms with Crippen LogP contribution in [0.1, 0.15) is 27.3 Å². The molecule has 0 saturated heterocycles. The van der Waals surface area contributed by atoms with Crippen molar-refractivity contribution in [1.29, 1.82) is 0 Å². The first-order valence-electron chi connectivity index (χ1n) is 8.03. The molecule has 3 rings (SSSR count). The second kappa shape index (κ2) is 7.23. The van der Waals surface area contributed by atoms with E-state index in [1.807, 2.05) is 24.5 Å². The predicted octanol–water partition coefficient (Wildman–Crippen LogP) is 3.70. The highest BCUT2D eigenvalue weighted by Gasteiger charge is 2.11. The highest BCUT2D eigenvalue weighted by molar-refractivity contribution is 5.97. The lowest BCUT2D eigenvalue weighted by molar-refractivity contribution is 0.0952. The Balaban J connectivity index is 1.79. The number of benzene rings is 2. The number of hydrogen-bond acceptors (Lipinski definition) is 3. The highest BCUT2D eigenvalue weighted by Crippen LogP contribution is 2.20. The summed E-state index contributed by atoms with van der Waals surface area (Å²) in [7, 11) is 0. The summed E-state index contributed by atoms with van der Waals surface area (Å²) in [5.74, 6) is -0.883. The lowest BCUT2D eigenvalue weighted by Crippen LogP contribution is -2.17. The Morgan fingerprint density at radius 3 is 2.54 bits per heavy atom. The number of hydrazone groups is 1. The number of phenols is 1. The first-order chi connectivity index (χ1) is 12.5. The van der Waals surface area contributed by atoms with Gasteiger partial charge < -0.3 is 9.67 Å². The molecule has 2 aromatic carbocycles. The number of nitrogens with one attached hydrogen (secondary N) is 1. The first kappa shape index (κ1) is 17.4. The summed E-state index contributed by atoms with van der Waals surface area (Å²) in [5, 5.41) is 13.7. The van der Waals surface area contributed by atoms with Gasteiger partial charge in [0.25, 0.3) is 5.91 Å². The number of rotatable bonds is 4. The molecule has 1 heterocycles. The van der Waals surface area contributed by atoms with Crippen LogP contribution in [0.4, 0.5) is 4.39 Å². The average molecular weight is 351 g/mol. The lowest BCUT2D eigenvalue weighted by Gasteiger charge is -2.09. The van der Waals surface area contributed by atoms with Crippen LogP contribution in [0.3, 0.4) is 0 Å². The minimum absolute atomic E-state index is 0.102. The third-order valence-corrected chi connectivity index (χ3v) is 4.07. The quantitative estimate of drug-likeness (QED) is 0.556. The largest absolute Gasteiger partial charge is 0.507 e. The number of carbonyl (C=O) groups excluding carboxylic acids is 1. The summed E-state index contributed by atoms with van der Waals surface area (Å²) in [4.78, 5) is 12.0. The molecule has 6 heteroatoms. The lowest BCUT2D eigenvalue weighted by atomic mass is 10.2. The molecule has 0 unspecified atom stereocenters. The van der Waals surface area contributed by atoms with Crippen LogP contribution in [0.15, 0.2) is 59.7 Å². The maximum atomic E-state index is 13.1. The number of phenolic OH excluding ortho intramolecular Hbond substituents is 1. The van der Waals surface area contributed by atoms with E-state index in [0.717, 1.165) is 22.6 Å². The van der Waals surface area contributed by atoms with E-state index in [1.54, 1.807) is 30.5 Å². The molecule has 1 amide bonds. The van der Waals surface area contributed by atoms with E-state index in [2.05, 4.69) is 10.5 Å². The third kappa shape index (κ3) is 3.49. The van der Waals surface area contributed by atoms with Crippen molar-refractivity contribution in [3.63, 3.8) is 0 Å². The van der Waals surface area contributed by atoms with Gasteiger partial charge in [-0.25, -0.2) is 9.82 Å². The van der Waals surface area contributed by atoms with Crippen LogP contribution in [0, 0.1) is 19.7 Å². The molecule has 0 aliphatic rings. The number of nitrogens with zero attached hydrogens (tertiary/aromatic N) is 2. The molecule has 0 fully saturated rings. The van der Waals surface area contributed by atoms with Gasteiger partial charge in [0.1, 0.15) is 11.6 Å². The van der Waals surface area contributed by atoms with E-state index in [9.17, 15) is 14.3 Å². The number of amides is 1. The maximum absolute atomic E-state index is 13.1. The summed E-state index contributed by atoms with van der Waals surface area (Å²) >= 11 is 0. The van der Waals surface area contributed by atoms with Crippen molar-refractivity contribution >= 4 is 12.1 Å². The van der Waals surface area contributed by atoms with Crippen LogP contribution < -0.4 is 5.43 Å². The Morgan fingerprint density at radius 1 is 1.15 bits per heavy atom. The number of carbonyl (C=O) groups is 1. The fraction of sp³-hybridized carbons (Fsp3) is 0.100. The summed E-state index contributed by atoms with van der Waals surface area (Å²) < 4.78 is 15.1. The van der Waals surface area contributed by atoms with Gasteiger partial charge in [-0.15, -0.1) is 0 Å². The van der Waals surface area contributed by atoms with E-state index in [1.165, 1.54) is 24.3 Å². The molecule has 3 aromatic rings. The third-order valence-electron chi connectivity index (χ3n) is 4.07. The zero-order valence-corrected chi connectivity index (χ0v) is 14.4. The molecule has 0 aliphatic heterocycles. The van der Waals surface area contributed by atoms with Crippen LogP contribution in [-0.4, -0.2) is 21.8 Å². The molecule has 1 aromatic heterocycles. The molecule has 0 saturated carbocycles. The summed E-state index contributed by atoms with van der Waals surface area (Å²) in [6, 6.07) is 14.4. The van der Waals surface area contributed by atoms with Gasteiger partial charge in [0.05, 0.1) is 11.8 Å². The van der Waals surface area contributed by atoms with Gasteiger partial charge in [-0.3, -0.25) is 4.79 Å². The first-order valence-corrected chi connectivity index (χ1v) is 8.03. The molecule has 0 radical (unpaired) electrons. The Labute approximate surface area is 150 Å². The van der Waals surface area contributed by atoms with Gasteiger partial charge in [-0.05, 0) is 56.3 Å². The standard InChI is InChI=1S/C20H18FN3O2/c1-13-11-15(14(2)24(13)17-9-7-16(21)8-10-17)12-22-23-20(26)18-5-3-4-6-19(18)25/h3-12,25H,1-2H3,(H,23,26)/b22-12-. The molecule has 26 heavy (non-hydrogen) atoms. The topological polar surface area (TPSA) is 66.6 Å². The Hall–Kier alpha value is -3.41.